The maximum atomic E-state index is 6.11. The minimum atomic E-state index is -0.180. The highest BCUT2D eigenvalue weighted by Gasteiger charge is 2.31. The van der Waals surface area contributed by atoms with Gasteiger partial charge in [-0.3, -0.25) is 0 Å². The SMILES string of the molecule is COc1ccc2c(c1)[C@@H](N)CC(C)(C)O2. The fourth-order valence-electron chi connectivity index (χ4n) is 2.02. The lowest BCUT2D eigenvalue weighted by atomic mass is 9.90. The van der Waals surface area contributed by atoms with Crippen LogP contribution in [0.25, 0.3) is 0 Å². The third-order valence-corrected chi connectivity index (χ3v) is 2.71. The fourth-order valence-corrected chi connectivity index (χ4v) is 2.02. The molecule has 0 saturated carbocycles. The summed E-state index contributed by atoms with van der Waals surface area (Å²) in [6.45, 7) is 4.11. The predicted molar refractivity (Wildman–Crippen MR) is 59.2 cm³/mol. The van der Waals surface area contributed by atoms with Gasteiger partial charge in [0.25, 0.3) is 0 Å². The van der Waals surface area contributed by atoms with E-state index in [2.05, 4.69) is 13.8 Å². The summed E-state index contributed by atoms with van der Waals surface area (Å²) in [5, 5.41) is 0. The summed E-state index contributed by atoms with van der Waals surface area (Å²) in [6, 6.07) is 5.80. The van der Waals surface area contributed by atoms with Crippen LogP contribution in [0.5, 0.6) is 11.5 Å². The molecule has 82 valence electrons. The number of fused-ring (bicyclic) bond motifs is 1. The van der Waals surface area contributed by atoms with Gasteiger partial charge in [-0.1, -0.05) is 0 Å². The molecule has 15 heavy (non-hydrogen) atoms. The van der Waals surface area contributed by atoms with E-state index in [9.17, 15) is 0 Å². The van der Waals surface area contributed by atoms with Gasteiger partial charge < -0.3 is 15.2 Å². The Labute approximate surface area is 90.2 Å². The molecule has 1 aliphatic rings. The fraction of sp³-hybridized carbons (Fsp3) is 0.500. The Morgan fingerprint density at radius 3 is 2.87 bits per heavy atom. The molecule has 1 aliphatic heterocycles. The molecule has 0 spiro atoms. The number of nitrogens with two attached hydrogens (primary N) is 1. The van der Waals surface area contributed by atoms with Gasteiger partial charge in [-0.25, -0.2) is 0 Å². The molecule has 0 amide bonds. The molecule has 1 aromatic carbocycles. The van der Waals surface area contributed by atoms with Crippen molar-refractivity contribution in [3.05, 3.63) is 23.8 Å². The van der Waals surface area contributed by atoms with Crippen LogP contribution in [-0.2, 0) is 0 Å². The Morgan fingerprint density at radius 2 is 2.20 bits per heavy atom. The minimum Gasteiger partial charge on any atom is -0.497 e. The quantitative estimate of drug-likeness (QED) is 0.768. The maximum absolute atomic E-state index is 6.11. The Balaban J connectivity index is 2.41. The van der Waals surface area contributed by atoms with E-state index < -0.39 is 0 Å². The monoisotopic (exact) mass is 207 g/mol. The summed E-state index contributed by atoms with van der Waals surface area (Å²) in [4.78, 5) is 0. The van der Waals surface area contributed by atoms with Gasteiger partial charge in [0.05, 0.1) is 7.11 Å². The largest absolute Gasteiger partial charge is 0.497 e. The maximum Gasteiger partial charge on any atom is 0.125 e. The van der Waals surface area contributed by atoms with Crippen molar-refractivity contribution >= 4 is 0 Å². The molecule has 0 bridgehead atoms. The first kappa shape index (κ1) is 10.3. The number of hydrogen-bond acceptors (Lipinski definition) is 3. The molecule has 3 heteroatoms. The van der Waals surface area contributed by atoms with Gasteiger partial charge in [0, 0.05) is 18.0 Å². The van der Waals surface area contributed by atoms with E-state index in [1.54, 1.807) is 7.11 Å². The Morgan fingerprint density at radius 1 is 1.47 bits per heavy atom. The first-order chi connectivity index (χ1) is 7.02. The van der Waals surface area contributed by atoms with E-state index in [0.29, 0.717) is 0 Å². The van der Waals surface area contributed by atoms with Gasteiger partial charge in [0.15, 0.2) is 0 Å². The number of rotatable bonds is 1. The highest BCUT2D eigenvalue weighted by atomic mass is 16.5. The van der Waals surface area contributed by atoms with E-state index in [1.807, 2.05) is 18.2 Å². The van der Waals surface area contributed by atoms with Crippen molar-refractivity contribution in [2.45, 2.75) is 31.9 Å². The lowest BCUT2D eigenvalue weighted by molar-refractivity contribution is 0.0727. The summed E-state index contributed by atoms with van der Waals surface area (Å²) in [5.41, 5.74) is 6.97. The highest BCUT2D eigenvalue weighted by Crippen LogP contribution is 2.39. The van der Waals surface area contributed by atoms with Gasteiger partial charge in [-0.05, 0) is 32.0 Å². The van der Waals surface area contributed by atoms with E-state index in [-0.39, 0.29) is 11.6 Å². The highest BCUT2D eigenvalue weighted by molar-refractivity contribution is 5.44. The van der Waals surface area contributed by atoms with Gasteiger partial charge in [-0.15, -0.1) is 0 Å². The van der Waals surface area contributed by atoms with Crippen LogP contribution in [0.2, 0.25) is 0 Å². The van der Waals surface area contributed by atoms with Crippen LogP contribution in [-0.4, -0.2) is 12.7 Å². The summed E-state index contributed by atoms with van der Waals surface area (Å²) in [5.74, 6) is 1.70. The Hall–Kier alpha value is -1.22. The van der Waals surface area contributed by atoms with Crippen molar-refractivity contribution in [1.82, 2.24) is 0 Å². The molecular weight excluding hydrogens is 190 g/mol. The van der Waals surface area contributed by atoms with Gasteiger partial charge in [0.1, 0.15) is 17.1 Å². The van der Waals surface area contributed by atoms with Crippen molar-refractivity contribution in [2.75, 3.05) is 7.11 Å². The Kier molecular flexibility index (Phi) is 2.35. The molecule has 1 aromatic rings. The zero-order valence-corrected chi connectivity index (χ0v) is 9.41. The zero-order chi connectivity index (χ0) is 11.1. The minimum absolute atomic E-state index is 0.0267. The summed E-state index contributed by atoms with van der Waals surface area (Å²) >= 11 is 0. The van der Waals surface area contributed by atoms with Crippen molar-refractivity contribution in [1.29, 1.82) is 0 Å². The lowest BCUT2D eigenvalue weighted by Crippen LogP contribution is -2.37. The molecule has 1 heterocycles. The summed E-state index contributed by atoms with van der Waals surface area (Å²) < 4.78 is 11.0. The van der Waals surface area contributed by atoms with Crippen LogP contribution in [0.15, 0.2) is 18.2 Å². The standard InChI is InChI=1S/C12H17NO2/c1-12(2)7-10(13)9-6-8(14-3)4-5-11(9)15-12/h4-6,10H,7,13H2,1-3H3/t10-/m0/s1. The molecule has 0 aromatic heterocycles. The molecule has 0 unspecified atom stereocenters. The second-order valence-electron chi connectivity index (χ2n) is 4.58. The van der Waals surface area contributed by atoms with E-state index >= 15 is 0 Å². The number of ether oxygens (including phenoxy) is 2. The van der Waals surface area contributed by atoms with Crippen LogP contribution in [0.3, 0.4) is 0 Å². The number of hydrogen-bond donors (Lipinski definition) is 1. The topological polar surface area (TPSA) is 44.5 Å². The molecule has 0 radical (unpaired) electrons. The summed E-state index contributed by atoms with van der Waals surface area (Å²) in [7, 11) is 1.65. The van der Waals surface area contributed by atoms with Gasteiger partial charge in [-0.2, -0.15) is 0 Å². The van der Waals surface area contributed by atoms with Gasteiger partial charge in [0.2, 0.25) is 0 Å². The second kappa shape index (κ2) is 3.42. The first-order valence-corrected chi connectivity index (χ1v) is 5.14. The molecular formula is C12H17NO2. The molecule has 0 fully saturated rings. The zero-order valence-electron chi connectivity index (χ0n) is 9.41. The average molecular weight is 207 g/mol. The smallest absolute Gasteiger partial charge is 0.125 e. The molecule has 0 saturated heterocycles. The van der Waals surface area contributed by atoms with Crippen LogP contribution >= 0.6 is 0 Å². The molecule has 3 nitrogen and oxygen atoms in total. The van der Waals surface area contributed by atoms with Crippen molar-refractivity contribution in [3.8, 4) is 11.5 Å². The summed E-state index contributed by atoms with van der Waals surface area (Å²) in [6.07, 6.45) is 0.827. The first-order valence-electron chi connectivity index (χ1n) is 5.14. The third kappa shape index (κ3) is 1.92. The molecule has 0 aliphatic carbocycles. The number of methoxy groups -OCH3 is 1. The molecule has 2 N–H and O–H groups in total. The van der Waals surface area contributed by atoms with E-state index in [0.717, 1.165) is 23.5 Å². The van der Waals surface area contributed by atoms with Gasteiger partial charge >= 0.3 is 0 Å². The van der Waals surface area contributed by atoms with Crippen LogP contribution < -0.4 is 15.2 Å². The normalized spacial score (nSPS) is 22.8. The molecule has 1 atom stereocenters. The van der Waals surface area contributed by atoms with Crippen molar-refractivity contribution in [2.24, 2.45) is 5.73 Å². The second-order valence-corrected chi connectivity index (χ2v) is 4.58. The average Bonchev–Trinajstić information content (AvgIpc) is 2.15. The van der Waals surface area contributed by atoms with Crippen LogP contribution in [0, 0.1) is 0 Å². The predicted octanol–water partition coefficient (Wildman–Crippen LogP) is 2.26. The number of benzene rings is 1. The van der Waals surface area contributed by atoms with Crippen molar-refractivity contribution in [3.63, 3.8) is 0 Å². The van der Waals surface area contributed by atoms with Crippen LogP contribution in [0.1, 0.15) is 31.9 Å². The molecule has 2 rings (SSSR count). The van der Waals surface area contributed by atoms with Crippen molar-refractivity contribution < 1.29 is 9.47 Å². The third-order valence-electron chi connectivity index (χ3n) is 2.71. The Bertz CT molecular complexity index is 374. The van der Waals surface area contributed by atoms with E-state index in [4.69, 9.17) is 15.2 Å². The lowest BCUT2D eigenvalue weighted by Gasteiger charge is -2.36. The van der Waals surface area contributed by atoms with Crippen LogP contribution in [0.4, 0.5) is 0 Å². The van der Waals surface area contributed by atoms with E-state index in [1.165, 1.54) is 0 Å².